The first-order valence-electron chi connectivity index (χ1n) is 8.11. The summed E-state index contributed by atoms with van der Waals surface area (Å²) in [5.74, 6) is 2.33. The number of rotatable bonds is 4. The van der Waals surface area contributed by atoms with Crippen molar-refractivity contribution in [3.63, 3.8) is 0 Å². The van der Waals surface area contributed by atoms with E-state index >= 15 is 0 Å². The van der Waals surface area contributed by atoms with Crippen LogP contribution in [-0.2, 0) is 0 Å². The number of aryl methyl sites for hydroxylation is 2. The van der Waals surface area contributed by atoms with E-state index in [9.17, 15) is 0 Å². The van der Waals surface area contributed by atoms with Gasteiger partial charge in [-0.05, 0) is 67.9 Å². The average molecular weight is 382 g/mol. The van der Waals surface area contributed by atoms with E-state index in [2.05, 4.69) is 29.1 Å². The molecule has 0 saturated heterocycles. The summed E-state index contributed by atoms with van der Waals surface area (Å²) < 4.78 is 5.82. The summed E-state index contributed by atoms with van der Waals surface area (Å²) >= 11 is 7.58. The fraction of sp³-hybridized carbons (Fsp3) is 0.100. The topological polar surface area (TPSA) is 47.0 Å². The zero-order valence-electron chi connectivity index (χ0n) is 14.3. The molecule has 4 nitrogen and oxygen atoms in total. The van der Waals surface area contributed by atoms with E-state index in [4.69, 9.17) is 16.3 Å². The molecule has 130 valence electrons. The first-order chi connectivity index (χ1) is 12.6. The van der Waals surface area contributed by atoms with Crippen LogP contribution in [0, 0.1) is 13.8 Å². The third kappa shape index (κ3) is 3.36. The highest BCUT2D eigenvalue weighted by atomic mass is 35.5. The van der Waals surface area contributed by atoms with E-state index in [1.165, 1.54) is 10.4 Å². The van der Waals surface area contributed by atoms with Gasteiger partial charge in [-0.3, -0.25) is 0 Å². The van der Waals surface area contributed by atoms with Crippen LogP contribution >= 0.6 is 22.9 Å². The summed E-state index contributed by atoms with van der Waals surface area (Å²) in [6, 6.07) is 15.1. The summed E-state index contributed by atoms with van der Waals surface area (Å²) in [7, 11) is 0. The minimum absolute atomic E-state index is 0.687. The highest BCUT2D eigenvalue weighted by molar-refractivity contribution is 7.18. The average Bonchev–Trinajstić information content (AvgIpc) is 2.94. The summed E-state index contributed by atoms with van der Waals surface area (Å²) in [6.45, 7) is 4.21. The van der Waals surface area contributed by atoms with Crippen LogP contribution in [0.4, 0.5) is 11.5 Å². The van der Waals surface area contributed by atoms with Crippen molar-refractivity contribution in [1.82, 2.24) is 9.97 Å². The number of anilines is 2. The smallest absolute Gasteiger partial charge is 0.142 e. The number of halogens is 1. The summed E-state index contributed by atoms with van der Waals surface area (Å²) in [6.07, 6.45) is 1.60. The zero-order chi connectivity index (χ0) is 18.1. The van der Waals surface area contributed by atoms with Crippen molar-refractivity contribution in [2.45, 2.75) is 13.8 Å². The van der Waals surface area contributed by atoms with E-state index in [1.807, 2.05) is 36.4 Å². The maximum absolute atomic E-state index is 5.89. The molecule has 0 unspecified atom stereocenters. The van der Waals surface area contributed by atoms with E-state index < -0.39 is 0 Å². The Morgan fingerprint density at radius 2 is 1.58 bits per heavy atom. The van der Waals surface area contributed by atoms with Crippen LogP contribution in [0.15, 0.2) is 54.9 Å². The van der Waals surface area contributed by atoms with Crippen LogP contribution in [-0.4, -0.2) is 9.97 Å². The largest absolute Gasteiger partial charge is 0.457 e. The molecule has 0 aliphatic heterocycles. The minimum atomic E-state index is 0.687. The molecule has 0 amide bonds. The number of ether oxygens (including phenoxy) is 1. The van der Waals surface area contributed by atoms with Gasteiger partial charge in [0.25, 0.3) is 0 Å². The third-order valence-corrected chi connectivity index (χ3v) is 5.50. The van der Waals surface area contributed by atoms with Gasteiger partial charge in [0.15, 0.2) is 0 Å². The first kappa shape index (κ1) is 16.8. The van der Waals surface area contributed by atoms with Crippen LogP contribution in [0.25, 0.3) is 10.2 Å². The van der Waals surface area contributed by atoms with Crippen molar-refractivity contribution in [3.05, 3.63) is 70.3 Å². The number of hydrogen-bond donors (Lipinski definition) is 1. The molecule has 1 N–H and O–H groups in total. The van der Waals surface area contributed by atoms with Gasteiger partial charge in [-0.2, -0.15) is 0 Å². The van der Waals surface area contributed by atoms with Gasteiger partial charge in [-0.15, -0.1) is 11.3 Å². The number of aromatic nitrogens is 2. The number of thiophene rings is 1. The third-order valence-electron chi connectivity index (χ3n) is 4.13. The molecule has 2 aromatic carbocycles. The van der Waals surface area contributed by atoms with Crippen LogP contribution < -0.4 is 10.1 Å². The Labute approximate surface area is 160 Å². The molecular weight excluding hydrogens is 366 g/mol. The molecule has 6 heteroatoms. The molecule has 0 atom stereocenters. The van der Waals surface area contributed by atoms with Gasteiger partial charge in [0, 0.05) is 15.6 Å². The lowest BCUT2D eigenvalue weighted by molar-refractivity contribution is 0.483. The SMILES string of the molecule is Cc1sc2ncnc(Nc3ccc(Oc4ccc(Cl)cc4)cc3)c2c1C. The predicted molar refractivity (Wildman–Crippen MR) is 108 cm³/mol. The molecule has 2 heterocycles. The number of fused-ring (bicyclic) bond motifs is 1. The quantitative estimate of drug-likeness (QED) is 0.438. The second-order valence-corrected chi connectivity index (χ2v) is 7.53. The minimum Gasteiger partial charge on any atom is -0.457 e. The van der Waals surface area contributed by atoms with E-state index in [0.29, 0.717) is 5.02 Å². The van der Waals surface area contributed by atoms with E-state index in [1.54, 1.807) is 29.8 Å². The second-order valence-electron chi connectivity index (χ2n) is 5.89. The molecule has 0 saturated carbocycles. The van der Waals surface area contributed by atoms with Gasteiger partial charge >= 0.3 is 0 Å². The molecule has 0 bridgehead atoms. The van der Waals surface area contributed by atoms with Crippen LogP contribution in [0.1, 0.15) is 10.4 Å². The van der Waals surface area contributed by atoms with E-state index in [-0.39, 0.29) is 0 Å². The van der Waals surface area contributed by atoms with Crippen molar-refractivity contribution < 1.29 is 4.74 Å². The molecule has 0 radical (unpaired) electrons. The fourth-order valence-corrected chi connectivity index (χ4v) is 3.78. The Kier molecular flexibility index (Phi) is 4.49. The number of benzene rings is 2. The van der Waals surface area contributed by atoms with Crippen LogP contribution in [0.2, 0.25) is 5.02 Å². The molecule has 4 rings (SSSR count). The van der Waals surface area contributed by atoms with Gasteiger partial charge in [-0.1, -0.05) is 11.6 Å². The van der Waals surface area contributed by atoms with Crippen LogP contribution in [0.3, 0.4) is 0 Å². The van der Waals surface area contributed by atoms with Crippen molar-refractivity contribution >= 4 is 44.7 Å². The lowest BCUT2D eigenvalue weighted by Gasteiger charge is -2.09. The van der Waals surface area contributed by atoms with E-state index in [0.717, 1.165) is 33.2 Å². The molecule has 0 spiro atoms. The molecule has 0 fully saturated rings. The number of hydrogen-bond acceptors (Lipinski definition) is 5. The standard InChI is InChI=1S/C20H16ClN3OS/c1-12-13(2)26-20-18(12)19(22-11-23-20)24-15-5-9-17(10-6-15)25-16-7-3-14(21)4-8-16/h3-11H,1-2H3,(H,22,23,24). The zero-order valence-corrected chi connectivity index (χ0v) is 15.9. The Bertz CT molecular complexity index is 1060. The first-order valence-corrected chi connectivity index (χ1v) is 9.31. The summed E-state index contributed by atoms with van der Waals surface area (Å²) in [4.78, 5) is 11.0. The molecule has 4 aromatic rings. The Morgan fingerprint density at radius 3 is 2.27 bits per heavy atom. The van der Waals surface area contributed by atoms with Gasteiger partial charge in [-0.25, -0.2) is 9.97 Å². The van der Waals surface area contributed by atoms with Gasteiger partial charge < -0.3 is 10.1 Å². The fourth-order valence-electron chi connectivity index (χ4n) is 2.66. The highest BCUT2D eigenvalue weighted by Crippen LogP contribution is 2.34. The van der Waals surface area contributed by atoms with Gasteiger partial charge in [0.1, 0.15) is 28.5 Å². The molecule has 2 aromatic heterocycles. The highest BCUT2D eigenvalue weighted by Gasteiger charge is 2.12. The van der Waals surface area contributed by atoms with Crippen molar-refractivity contribution in [2.75, 3.05) is 5.32 Å². The maximum atomic E-state index is 5.89. The normalized spacial score (nSPS) is 10.9. The molecule has 26 heavy (non-hydrogen) atoms. The summed E-state index contributed by atoms with van der Waals surface area (Å²) in [5.41, 5.74) is 2.16. The second kappa shape index (κ2) is 6.94. The monoisotopic (exact) mass is 381 g/mol. The Hall–Kier alpha value is -2.63. The lowest BCUT2D eigenvalue weighted by atomic mass is 10.2. The van der Waals surface area contributed by atoms with Crippen molar-refractivity contribution in [1.29, 1.82) is 0 Å². The number of nitrogens with zero attached hydrogens (tertiary/aromatic N) is 2. The predicted octanol–water partition coefficient (Wildman–Crippen LogP) is 6.50. The van der Waals surface area contributed by atoms with Gasteiger partial charge in [0.2, 0.25) is 0 Å². The molecule has 0 aliphatic rings. The maximum Gasteiger partial charge on any atom is 0.142 e. The Morgan fingerprint density at radius 1 is 0.923 bits per heavy atom. The molecule has 0 aliphatic carbocycles. The van der Waals surface area contributed by atoms with Gasteiger partial charge in [0.05, 0.1) is 5.39 Å². The van der Waals surface area contributed by atoms with Crippen LogP contribution in [0.5, 0.6) is 11.5 Å². The lowest BCUT2D eigenvalue weighted by Crippen LogP contribution is -1.95. The summed E-state index contributed by atoms with van der Waals surface area (Å²) in [5, 5.41) is 5.15. The van der Waals surface area contributed by atoms with Crippen molar-refractivity contribution in [2.24, 2.45) is 0 Å². The van der Waals surface area contributed by atoms with Crippen molar-refractivity contribution in [3.8, 4) is 11.5 Å². The number of nitrogens with one attached hydrogen (secondary N) is 1. The Balaban J connectivity index is 1.55. The molecular formula is C20H16ClN3OS.